The summed E-state index contributed by atoms with van der Waals surface area (Å²) in [6.07, 6.45) is -3.50. The first-order valence-corrected chi connectivity index (χ1v) is 6.31. The Morgan fingerprint density at radius 3 is 2.45 bits per heavy atom. The molecule has 2 rings (SSSR count). The Hall–Kier alpha value is -1.34. The van der Waals surface area contributed by atoms with Gasteiger partial charge in [-0.2, -0.15) is 13.2 Å². The lowest BCUT2D eigenvalue weighted by Crippen LogP contribution is -2.35. The monoisotopic (exact) mass is 306 g/mol. The third kappa shape index (κ3) is 3.21. The van der Waals surface area contributed by atoms with Gasteiger partial charge in [0.25, 0.3) is 0 Å². The summed E-state index contributed by atoms with van der Waals surface area (Å²) >= 11 is 5.83. The van der Waals surface area contributed by atoms with E-state index in [1.165, 1.54) is 4.40 Å². The van der Waals surface area contributed by atoms with Crippen LogP contribution in [0.3, 0.4) is 0 Å². The second-order valence-corrected chi connectivity index (χ2v) is 5.90. The minimum absolute atomic E-state index is 0.0747. The maximum atomic E-state index is 12.8. The third-order valence-corrected chi connectivity index (χ3v) is 2.91. The summed E-state index contributed by atoms with van der Waals surface area (Å²) in [6, 6.07) is 0.854. The highest BCUT2D eigenvalue weighted by molar-refractivity contribution is 6.33. The number of pyridine rings is 1. The van der Waals surface area contributed by atoms with Crippen LogP contribution in [-0.4, -0.2) is 20.1 Å². The van der Waals surface area contributed by atoms with Crippen LogP contribution >= 0.6 is 11.6 Å². The molecule has 8 heteroatoms. The number of aromatic nitrogens is 3. The van der Waals surface area contributed by atoms with Crippen molar-refractivity contribution in [2.75, 3.05) is 0 Å². The molecule has 1 N–H and O–H groups in total. The van der Waals surface area contributed by atoms with Crippen molar-refractivity contribution in [3.8, 4) is 0 Å². The number of rotatable bonds is 2. The average molecular weight is 307 g/mol. The minimum Gasteiger partial charge on any atom is -0.305 e. The van der Waals surface area contributed by atoms with Crippen LogP contribution < -0.4 is 5.32 Å². The molecule has 0 fully saturated rings. The third-order valence-electron chi connectivity index (χ3n) is 2.63. The molecular formula is C12H14ClF3N4. The molecule has 0 saturated heterocycles. The van der Waals surface area contributed by atoms with Crippen LogP contribution in [0.2, 0.25) is 5.02 Å². The van der Waals surface area contributed by atoms with E-state index in [4.69, 9.17) is 11.6 Å². The second kappa shape index (κ2) is 4.89. The van der Waals surface area contributed by atoms with E-state index in [-0.39, 0.29) is 16.2 Å². The van der Waals surface area contributed by atoms with Gasteiger partial charge in [0.1, 0.15) is 0 Å². The van der Waals surface area contributed by atoms with Gasteiger partial charge in [-0.1, -0.05) is 11.6 Å². The fourth-order valence-electron chi connectivity index (χ4n) is 1.62. The molecule has 0 aliphatic heterocycles. The summed E-state index contributed by atoms with van der Waals surface area (Å²) in [5.41, 5.74) is -0.797. The number of nitrogens with one attached hydrogen (secondary N) is 1. The number of fused-ring (bicyclic) bond motifs is 1. The van der Waals surface area contributed by atoms with Crippen molar-refractivity contribution in [1.29, 1.82) is 0 Å². The zero-order valence-corrected chi connectivity index (χ0v) is 12.0. The first-order valence-electron chi connectivity index (χ1n) is 5.93. The highest BCUT2D eigenvalue weighted by Crippen LogP contribution is 2.32. The van der Waals surface area contributed by atoms with Gasteiger partial charge in [-0.25, -0.2) is 0 Å². The highest BCUT2D eigenvalue weighted by atomic mass is 35.5. The molecule has 0 unspecified atom stereocenters. The number of hydrogen-bond acceptors (Lipinski definition) is 3. The van der Waals surface area contributed by atoms with Crippen molar-refractivity contribution in [3.05, 3.63) is 28.7 Å². The Bertz CT molecular complexity index is 628. The normalized spacial score (nSPS) is 13.2. The van der Waals surface area contributed by atoms with E-state index in [1.807, 2.05) is 20.8 Å². The van der Waals surface area contributed by atoms with Crippen molar-refractivity contribution >= 4 is 17.2 Å². The van der Waals surface area contributed by atoms with Gasteiger partial charge in [0.05, 0.1) is 17.1 Å². The molecule has 2 aromatic rings. The number of nitrogens with zero attached hydrogens (tertiary/aromatic N) is 3. The lowest BCUT2D eigenvalue weighted by molar-refractivity contribution is -0.137. The molecule has 0 radical (unpaired) electrons. The molecule has 0 bridgehead atoms. The Morgan fingerprint density at radius 2 is 1.90 bits per heavy atom. The summed E-state index contributed by atoms with van der Waals surface area (Å²) in [7, 11) is 0. The highest BCUT2D eigenvalue weighted by Gasteiger charge is 2.32. The molecule has 0 saturated carbocycles. The molecule has 0 amide bonds. The van der Waals surface area contributed by atoms with E-state index in [1.54, 1.807) is 0 Å². The van der Waals surface area contributed by atoms with Gasteiger partial charge in [0, 0.05) is 11.7 Å². The Morgan fingerprint density at radius 1 is 1.25 bits per heavy atom. The summed E-state index contributed by atoms with van der Waals surface area (Å²) in [4.78, 5) is 0. The molecule has 0 atom stereocenters. The predicted octanol–water partition coefficient (Wildman–Crippen LogP) is 3.29. The van der Waals surface area contributed by atoms with Crippen LogP contribution in [0, 0.1) is 0 Å². The zero-order chi connectivity index (χ0) is 15.1. The van der Waals surface area contributed by atoms with Crippen LogP contribution in [0.4, 0.5) is 13.2 Å². The fraction of sp³-hybridized carbons (Fsp3) is 0.500. The Kier molecular flexibility index (Phi) is 3.68. The summed E-state index contributed by atoms with van der Waals surface area (Å²) in [5.74, 6) is 0.378. The molecule has 2 aromatic heterocycles. The first-order chi connectivity index (χ1) is 9.08. The van der Waals surface area contributed by atoms with E-state index < -0.39 is 11.7 Å². The SMILES string of the molecule is CC(C)(C)NCc1nnc2c(Cl)cc(C(F)(F)F)cn12. The molecule has 0 aliphatic rings. The summed E-state index contributed by atoms with van der Waals surface area (Å²) in [5, 5.41) is 10.8. The van der Waals surface area contributed by atoms with Gasteiger partial charge < -0.3 is 5.32 Å². The van der Waals surface area contributed by atoms with Crippen molar-refractivity contribution in [2.24, 2.45) is 0 Å². The van der Waals surface area contributed by atoms with E-state index >= 15 is 0 Å². The van der Waals surface area contributed by atoms with Crippen LogP contribution in [-0.2, 0) is 12.7 Å². The molecular weight excluding hydrogens is 293 g/mol. The van der Waals surface area contributed by atoms with Crippen molar-refractivity contribution < 1.29 is 13.2 Å². The second-order valence-electron chi connectivity index (χ2n) is 5.49. The minimum atomic E-state index is -4.46. The molecule has 2 heterocycles. The number of halogens is 4. The first kappa shape index (κ1) is 15.1. The van der Waals surface area contributed by atoms with E-state index in [0.29, 0.717) is 12.4 Å². The van der Waals surface area contributed by atoms with Crippen LogP contribution in [0.15, 0.2) is 12.3 Å². The van der Waals surface area contributed by atoms with Crippen LogP contribution in [0.5, 0.6) is 0 Å². The summed E-state index contributed by atoms with van der Waals surface area (Å²) < 4.78 is 39.6. The molecule has 0 aromatic carbocycles. The van der Waals surface area contributed by atoms with Gasteiger partial charge in [-0.05, 0) is 26.8 Å². The van der Waals surface area contributed by atoms with E-state index in [9.17, 15) is 13.2 Å². The lowest BCUT2D eigenvalue weighted by atomic mass is 10.1. The average Bonchev–Trinajstić information content (AvgIpc) is 2.67. The van der Waals surface area contributed by atoms with Gasteiger partial charge in [-0.3, -0.25) is 4.40 Å². The quantitative estimate of drug-likeness (QED) is 0.926. The maximum Gasteiger partial charge on any atom is 0.417 e. The smallest absolute Gasteiger partial charge is 0.305 e. The Labute approximate surface area is 118 Å². The van der Waals surface area contributed by atoms with Gasteiger partial charge >= 0.3 is 6.18 Å². The standard InChI is InChI=1S/C12H14ClF3N4/c1-11(2,3)17-5-9-18-19-10-8(13)4-7(6-20(9)10)12(14,15)16/h4,6,17H,5H2,1-3H3. The largest absolute Gasteiger partial charge is 0.417 e. The predicted molar refractivity (Wildman–Crippen MR) is 69.6 cm³/mol. The lowest BCUT2D eigenvalue weighted by Gasteiger charge is -2.19. The van der Waals surface area contributed by atoms with Crippen molar-refractivity contribution in [3.63, 3.8) is 0 Å². The zero-order valence-electron chi connectivity index (χ0n) is 11.2. The summed E-state index contributed by atoms with van der Waals surface area (Å²) in [6.45, 7) is 6.14. The van der Waals surface area contributed by atoms with Crippen LogP contribution in [0.25, 0.3) is 5.65 Å². The number of hydrogen-bond donors (Lipinski definition) is 1. The molecule has 20 heavy (non-hydrogen) atoms. The molecule has 110 valence electrons. The molecule has 0 spiro atoms. The number of alkyl halides is 3. The fourth-order valence-corrected chi connectivity index (χ4v) is 1.87. The van der Waals surface area contributed by atoms with E-state index in [2.05, 4.69) is 15.5 Å². The van der Waals surface area contributed by atoms with Gasteiger partial charge in [0.15, 0.2) is 11.5 Å². The topological polar surface area (TPSA) is 42.2 Å². The van der Waals surface area contributed by atoms with Gasteiger partial charge in [-0.15, -0.1) is 10.2 Å². The van der Waals surface area contributed by atoms with Crippen molar-refractivity contribution in [1.82, 2.24) is 19.9 Å². The Balaban J connectivity index is 2.45. The van der Waals surface area contributed by atoms with Crippen molar-refractivity contribution in [2.45, 2.75) is 39.0 Å². The van der Waals surface area contributed by atoms with E-state index in [0.717, 1.165) is 12.3 Å². The molecule has 0 aliphatic carbocycles. The molecule has 4 nitrogen and oxygen atoms in total. The maximum absolute atomic E-state index is 12.8. The van der Waals surface area contributed by atoms with Gasteiger partial charge in [0.2, 0.25) is 0 Å². The van der Waals surface area contributed by atoms with Crippen LogP contribution in [0.1, 0.15) is 32.2 Å².